The summed E-state index contributed by atoms with van der Waals surface area (Å²) in [5, 5.41) is 123. The number of amides is 6. The predicted molar refractivity (Wildman–Crippen MR) is 258 cm³/mol. The van der Waals surface area contributed by atoms with E-state index in [4.69, 9.17) is 28.4 Å². The van der Waals surface area contributed by atoms with Crippen LogP contribution in [0.2, 0.25) is 0 Å². The summed E-state index contributed by atoms with van der Waals surface area (Å²) in [6, 6.07) is -2.60. The van der Waals surface area contributed by atoms with Gasteiger partial charge in [0.15, 0.2) is 12.6 Å². The van der Waals surface area contributed by atoms with Gasteiger partial charge < -0.3 is 111 Å². The van der Waals surface area contributed by atoms with Gasteiger partial charge in [0.05, 0.1) is 44.1 Å². The lowest BCUT2D eigenvalue weighted by molar-refractivity contribution is -0.360. The summed E-state index contributed by atoms with van der Waals surface area (Å²) in [7, 11) is 0. The van der Waals surface area contributed by atoms with Gasteiger partial charge in [0, 0.05) is 63.8 Å². The molecule has 0 aromatic heterocycles. The minimum Gasteiger partial charge on any atom is -0.477 e. The average Bonchev–Trinajstić information content (AvgIpc) is 3.93. The van der Waals surface area contributed by atoms with Crippen LogP contribution in [0.5, 0.6) is 0 Å². The number of rotatable bonds is 30. The van der Waals surface area contributed by atoms with Gasteiger partial charge in [-0.3, -0.25) is 19.2 Å². The summed E-state index contributed by atoms with van der Waals surface area (Å²) >= 11 is 1.86. The Morgan fingerprint density at radius 3 is 2.03 bits per heavy atom. The standard InChI is InChI=1S/C46H78N6O22S/c1-22(55)49-33-25(57)17-46(44(66)67,74-41(33)35(61)26(58)18-53)70-20-28-36(62)38(64)39(65)43(72-28)73-40-27(19-54)71-42(34(37(40)63)50-23(2)56)69-16-10-4-9-15-48-30(59)12-5-3-8-14-47-31(60)13-7-6-11-29-32-24(21-75-29)51-45(68)52-32/h24-29,32-43,53-54,57-58,61-65H,3-21H2,1-2H3,(H,47,60)(H,48,59)(H,49,55)(H,50,56)(H,66,67)(H2,51,52,68)/t24-,25-,26+,27+,28+,29-,32-,33+,34+,35+,36-,37+,38-,39+,40+,41+,42+,43-,46+/m0/s1. The van der Waals surface area contributed by atoms with Crippen molar-refractivity contribution in [1.82, 2.24) is 31.9 Å². The van der Waals surface area contributed by atoms with Crippen LogP contribution >= 0.6 is 11.8 Å². The Morgan fingerprint density at radius 1 is 0.773 bits per heavy atom. The Hall–Kier alpha value is -3.63. The SMILES string of the molecule is CC(=O)N[C@H]1[C@H](OCCCCCNC(=O)CCCCCNC(=O)CCCC[C@@H]2SC[C@@H]3NC(=O)N[C@@H]32)O[C@H](CO)[C@@H](O[C@@H]2O[C@H](CO[C@]3(C(=O)O)C[C@H](O)[C@@H](NC(C)=O)[C@H]([C@H](O)[C@H](O)CO)O3)[C@H](O)[C@H](O)[C@H]2O)[C@@H]1O. The predicted octanol–water partition coefficient (Wildman–Crippen LogP) is -5.37. The molecule has 5 saturated heterocycles. The summed E-state index contributed by atoms with van der Waals surface area (Å²) in [5.74, 6) is -5.29. The molecule has 0 bridgehead atoms. The molecule has 75 heavy (non-hydrogen) atoms. The Balaban J connectivity index is 1.01. The fourth-order valence-corrected chi connectivity index (χ4v) is 11.2. The third-order valence-electron chi connectivity index (χ3n) is 13.8. The lowest BCUT2D eigenvalue weighted by Gasteiger charge is -2.48. The summed E-state index contributed by atoms with van der Waals surface area (Å²) in [4.78, 5) is 73.1. The van der Waals surface area contributed by atoms with Gasteiger partial charge >= 0.3 is 12.0 Å². The van der Waals surface area contributed by atoms with Crippen molar-refractivity contribution in [3.8, 4) is 0 Å². The lowest BCUT2D eigenvalue weighted by Crippen LogP contribution is -2.69. The number of nitrogens with one attached hydrogen (secondary N) is 6. The number of fused-ring (bicyclic) bond motifs is 1. The minimum atomic E-state index is -2.87. The minimum absolute atomic E-state index is 0.00411. The number of ether oxygens (including phenoxy) is 6. The third-order valence-corrected chi connectivity index (χ3v) is 15.3. The van der Waals surface area contributed by atoms with Gasteiger partial charge in [-0.2, -0.15) is 11.8 Å². The number of aliphatic hydroxyl groups is 9. The maximum atomic E-state index is 12.7. The van der Waals surface area contributed by atoms with E-state index in [1.165, 1.54) is 0 Å². The summed E-state index contributed by atoms with van der Waals surface area (Å²) in [5.41, 5.74) is 0. The van der Waals surface area contributed by atoms with Crippen molar-refractivity contribution in [2.24, 2.45) is 0 Å². The van der Waals surface area contributed by atoms with Crippen molar-refractivity contribution < 1.29 is 108 Å². The number of carboxylic acids is 1. The monoisotopic (exact) mass is 1100 g/mol. The first-order chi connectivity index (χ1) is 35.7. The topological polar surface area (TPSA) is 432 Å². The van der Waals surface area contributed by atoms with Crippen LogP contribution in [0.15, 0.2) is 0 Å². The van der Waals surface area contributed by atoms with Crippen LogP contribution in [0.4, 0.5) is 4.79 Å². The number of hydrogen-bond donors (Lipinski definition) is 16. The molecule has 5 fully saturated rings. The first-order valence-electron chi connectivity index (χ1n) is 25.6. The second-order valence-corrected chi connectivity index (χ2v) is 20.8. The van der Waals surface area contributed by atoms with Gasteiger partial charge in [0.25, 0.3) is 5.79 Å². The second-order valence-electron chi connectivity index (χ2n) is 19.6. The highest BCUT2D eigenvalue weighted by molar-refractivity contribution is 8.00. The van der Waals surface area contributed by atoms with E-state index < -0.39 is 142 Å². The van der Waals surface area contributed by atoms with Crippen molar-refractivity contribution in [2.75, 3.05) is 45.3 Å². The third kappa shape index (κ3) is 17.4. The van der Waals surface area contributed by atoms with Crippen LogP contribution in [-0.4, -0.2) is 247 Å². The van der Waals surface area contributed by atoms with E-state index in [0.29, 0.717) is 56.9 Å². The Labute approximate surface area is 437 Å². The molecule has 28 nitrogen and oxygen atoms in total. The highest BCUT2D eigenvalue weighted by Gasteiger charge is 2.57. The van der Waals surface area contributed by atoms with E-state index in [1.807, 2.05) is 11.8 Å². The van der Waals surface area contributed by atoms with Crippen molar-refractivity contribution >= 4 is 47.4 Å². The zero-order valence-corrected chi connectivity index (χ0v) is 42.9. The van der Waals surface area contributed by atoms with Gasteiger partial charge in [-0.05, 0) is 44.9 Å². The van der Waals surface area contributed by atoms with Crippen LogP contribution in [0.25, 0.3) is 0 Å². The van der Waals surface area contributed by atoms with E-state index >= 15 is 0 Å². The highest BCUT2D eigenvalue weighted by Crippen LogP contribution is 2.36. The molecule has 0 aromatic rings. The molecular formula is C46H78N6O22S. The van der Waals surface area contributed by atoms with Gasteiger partial charge in [0.2, 0.25) is 23.6 Å². The molecule has 0 aromatic carbocycles. The molecule has 19 atom stereocenters. The molecule has 5 aliphatic rings. The van der Waals surface area contributed by atoms with Crippen molar-refractivity contribution in [1.29, 1.82) is 0 Å². The molecule has 16 N–H and O–H groups in total. The van der Waals surface area contributed by atoms with Crippen LogP contribution in [-0.2, 0) is 52.4 Å². The first-order valence-corrected chi connectivity index (χ1v) is 26.6. The van der Waals surface area contributed by atoms with Gasteiger partial charge in [-0.25, -0.2) is 9.59 Å². The van der Waals surface area contributed by atoms with E-state index in [-0.39, 0.29) is 36.5 Å². The number of aliphatic hydroxyl groups excluding tert-OH is 9. The number of hydrogen-bond acceptors (Lipinski definition) is 22. The molecule has 0 aliphatic carbocycles. The molecule has 0 saturated carbocycles. The number of thioether (sulfide) groups is 1. The molecule has 430 valence electrons. The second kappa shape index (κ2) is 29.9. The van der Waals surface area contributed by atoms with Crippen LogP contribution in [0.3, 0.4) is 0 Å². The fraction of sp³-hybridized carbons (Fsp3) is 0.870. The van der Waals surface area contributed by atoms with Crippen LogP contribution < -0.4 is 31.9 Å². The zero-order chi connectivity index (χ0) is 55.0. The van der Waals surface area contributed by atoms with Crippen LogP contribution in [0.1, 0.15) is 90.9 Å². The molecule has 0 spiro atoms. The quantitative estimate of drug-likeness (QED) is 0.0236. The van der Waals surface area contributed by atoms with Gasteiger partial charge in [-0.1, -0.05) is 12.8 Å². The zero-order valence-electron chi connectivity index (χ0n) is 42.1. The van der Waals surface area contributed by atoms with E-state index in [9.17, 15) is 79.8 Å². The molecule has 6 amide bonds. The summed E-state index contributed by atoms with van der Waals surface area (Å²) in [6.45, 7) is 0.394. The normalized spacial score (nSPS) is 35.3. The Bertz CT molecular complexity index is 1870. The smallest absolute Gasteiger partial charge is 0.364 e. The molecular weight excluding hydrogens is 1020 g/mol. The highest BCUT2D eigenvalue weighted by atomic mass is 32.2. The molecule has 5 aliphatic heterocycles. The summed E-state index contributed by atoms with van der Waals surface area (Å²) in [6.07, 6.45) is -17.3. The van der Waals surface area contributed by atoms with Crippen molar-refractivity contribution in [3.05, 3.63) is 0 Å². The van der Waals surface area contributed by atoms with Crippen molar-refractivity contribution in [3.63, 3.8) is 0 Å². The summed E-state index contributed by atoms with van der Waals surface area (Å²) < 4.78 is 34.5. The molecule has 5 rings (SSSR count). The number of unbranched alkanes of at least 4 members (excludes halogenated alkanes) is 5. The number of urea groups is 1. The largest absolute Gasteiger partial charge is 0.477 e. The number of carbonyl (C=O) groups excluding carboxylic acids is 5. The van der Waals surface area contributed by atoms with Gasteiger partial charge in [-0.15, -0.1) is 0 Å². The number of aliphatic carboxylic acids is 1. The number of carboxylic acid groups (broad SMARTS) is 1. The molecule has 5 heterocycles. The average molecular weight is 1100 g/mol. The molecule has 29 heteroatoms. The fourth-order valence-electron chi connectivity index (χ4n) is 9.68. The maximum absolute atomic E-state index is 12.7. The lowest BCUT2D eigenvalue weighted by atomic mass is 9.88. The Morgan fingerprint density at radius 2 is 1.40 bits per heavy atom. The molecule has 0 radical (unpaired) electrons. The molecule has 0 unspecified atom stereocenters. The number of carbonyl (C=O) groups is 6. The van der Waals surface area contributed by atoms with E-state index in [1.54, 1.807) is 0 Å². The van der Waals surface area contributed by atoms with E-state index in [2.05, 4.69) is 31.9 Å². The van der Waals surface area contributed by atoms with Gasteiger partial charge in [0.1, 0.15) is 67.1 Å². The maximum Gasteiger partial charge on any atom is 0.364 e. The first kappa shape index (κ1) is 62.2. The Kier molecular flexibility index (Phi) is 24.8. The van der Waals surface area contributed by atoms with E-state index in [0.717, 1.165) is 51.7 Å². The van der Waals surface area contributed by atoms with Crippen molar-refractivity contribution in [2.45, 2.75) is 206 Å². The van der Waals surface area contributed by atoms with Crippen LogP contribution in [0, 0.1) is 0 Å².